The number of anilines is 1. The lowest BCUT2D eigenvalue weighted by atomic mass is 10.0. The SMILES string of the molecule is COC(=O)c1ccc(N(C(=O)CCC(C)C)N(C(=O)CCC(=O)O)n2ccc(-c3ccc(-c4ccccc4)cc3)c2)cc1. The molecule has 0 spiro atoms. The molecule has 222 valence electrons. The maximum atomic E-state index is 13.7. The number of carboxylic acid groups (broad SMARTS) is 1. The van der Waals surface area contributed by atoms with Crippen LogP contribution in [0.1, 0.15) is 49.9 Å². The number of hydrazine groups is 1. The molecule has 9 nitrogen and oxygen atoms in total. The molecule has 0 atom stereocenters. The molecule has 3 aromatic carbocycles. The van der Waals surface area contributed by atoms with Crippen molar-refractivity contribution in [1.82, 2.24) is 4.68 Å². The Morgan fingerprint density at radius 2 is 1.35 bits per heavy atom. The van der Waals surface area contributed by atoms with Crippen molar-refractivity contribution < 1.29 is 29.0 Å². The summed E-state index contributed by atoms with van der Waals surface area (Å²) in [6.45, 7) is 4.00. The van der Waals surface area contributed by atoms with E-state index < -0.39 is 24.3 Å². The van der Waals surface area contributed by atoms with Crippen molar-refractivity contribution in [1.29, 1.82) is 0 Å². The molecule has 0 aliphatic heterocycles. The lowest BCUT2D eigenvalue weighted by molar-refractivity contribution is -0.138. The van der Waals surface area contributed by atoms with E-state index in [1.165, 1.54) is 34.0 Å². The second-order valence-electron chi connectivity index (χ2n) is 10.5. The Kier molecular flexibility index (Phi) is 10.1. The van der Waals surface area contributed by atoms with Gasteiger partial charge >= 0.3 is 11.9 Å². The van der Waals surface area contributed by atoms with Gasteiger partial charge in [0.15, 0.2) is 0 Å². The number of aromatic nitrogens is 1. The minimum atomic E-state index is -1.12. The first-order valence-electron chi connectivity index (χ1n) is 14.1. The summed E-state index contributed by atoms with van der Waals surface area (Å²) in [5, 5.41) is 11.7. The molecule has 0 radical (unpaired) electrons. The second kappa shape index (κ2) is 14.1. The fraction of sp³-hybridized carbons (Fsp3) is 0.235. The number of rotatable bonds is 11. The Labute approximate surface area is 250 Å². The molecular formula is C34H35N3O6. The van der Waals surface area contributed by atoms with E-state index >= 15 is 0 Å². The average molecular weight is 582 g/mol. The fourth-order valence-electron chi connectivity index (χ4n) is 4.55. The van der Waals surface area contributed by atoms with E-state index in [1.54, 1.807) is 24.5 Å². The Bertz CT molecular complexity index is 1560. The number of carbonyl (C=O) groups excluding carboxylic acids is 3. The fourth-order valence-corrected chi connectivity index (χ4v) is 4.55. The van der Waals surface area contributed by atoms with Crippen molar-refractivity contribution in [2.24, 2.45) is 5.92 Å². The Balaban J connectivity index is 1.74. The molecular weight excluding hydrogens is 546 g/mol. The van der Waals surface area contributed by atoms with Crippen LogP contribution in [0.3, 0.4) is 0 Å². The van der Waals surface area contributed by atoms with Crippen molar-refractivity contribution >= 4 is 29.4 Å². The normalized spacial score (nSPS) is 10.8. The first-order valence-corrected chi connectivity index (χ1v) is 14.1. The van der Waals surface area contributed by atoms with Crippen LogP contribution in [0.2, 0.25) is 0 Å². The zero-order chi connectivity index (χ0) is 30.9. The second-order valence-corrected chi connectivity index (χ2v) is 10.5. The van der Waals surface area contributed by atoms with Crippen molar-refractivity contribution in [2.45, 2.75) is 39.5 Å². The van der Waals surface area contributed by atoms with E-state index in [4.69, 9.17) is 4.74 Å². The summed E-state index contributed by atoms with van der Waals surface area (Å²) >= 11 is 0. The Hall–Kier alpha value is -5.18. The summed E-state index contributed by atoms with van der Waals surface area (Å²) in [6.07, 6.45) is 3.38. The molecule has 1 N–H and O–H groups in total. The summed E-state index contributed by atoms with van der Waals surface area (Å²) < 4.78 is 6.28. The molecule has 43 heavy (non-hydrogen) atoms. The van der Waals surface area contributed by atoms with Crippen LogP contribution in [-0.4, -0.2) is 40.6 Å². The van der Waals surface area contributed by atoms with E-state index in [1.807, 2.05) is 74.5 Å². The van der Waals surface area contributed by atoms with E-state index in [9.17, 15) is 24.3 Å². The van der Waals surface area contributed by atoms with Crippen LogP contribution in [0.5, 0.6) is 0 Å². The molecule has 0 fully saturated rings. The van der Waals surface area contributed by atoms with Crippen molar-refractivity contribution in [2.75, 3.05) is 17.2 Å². The minimum absolute atomic E-state index is 0.147. The van der Waals surface area contributed by atoms with Gasteiger partial charge in [-0.15, -0.1) is 5.12 Å². The molecule has 9 heteroatoms. The number of benzene rings is 3. The number of esters is 1. The van der Waals surface area contributed by atoms with Crippen molar-refractivity contribution in [3.05, 3.63) is 103 Å². The lowest BCUT2D eigenvalue weighted by Crippen LogP contribution is -2.56. The summed E-state index contributed by atoms with van der Waals surface area (Å²) in [6, 6.07) is 26.0. The topological polar surface area (TPSA) is 109 Å². The number of aliphatic carboxylic acids is 1. The van der Waals surface area contributed by atoms with Gasteiger partial charge in [-0.1, -0.05) is 68.4 Å². The van der Waals surface area contributed by atoms with Crippen LogP contribution < -0.4 is 10.1 Å². The van der Waals surface area contributed by atoms with E-state index in [-0.39, 0.29) is 30.2 Å². The van der Waals surface area contributed by atoms with Crippen molar-refractivity contribution in [3.63, 3.8) is 0 Å². The predicted molar refractivity (Wildman–Crippen MR) is 165 cm³/mol. The third-order valence-electron chi connectivity index (χ3n) is 6.89. The third-order valence-corrected chi connectivity index (χ3v) is 6.89. The van der Waals surface area contributed by atoms with Gasteiger partial charge in [-0.25, -0.2) is 9.47 Å². The number of carbonyl (C=O) groups is 4. The number of methoxy groups -OCH3 is 1. The highest BCUT2D eigenvalue weighted by Gasteiger charge is 2.30. The summed E-state index contributed by atoms with van der Waals surface area (Å²) in [7, 11) is 1.28. The maximum absolute atomic E-state index is 13.7. The van der Waals surface area contributed by atoms with Crippen LogP contribution in [0.15, 0.2) is 97.3 Å². The van der Waals surface area contributed by atoms with Gasteiger partial charge in [-0.2, -0.15) is 5.01 Å². The van der Waals surface area contributed by atoms with Gasteiger partial charge in [0.05, 0.1) is 24.8 Å². The van der Waals surface area contributed by atoms with Gasteiger partial charge in [0.1, 0.15) is 0 Å². The van der Waals surface area contributed by atoms with Crippen LogP contribution in [-0.2, 0) is 19.1 Å². The maximum Gasteiger partial charge on any atom is 0.337 e. The van der Waals surface area contributed by atoms with E-state index in [0.29, 0.717) is 12.1 Å². The predicted octanol–water partition coefficient (Wildman–Crippen LogP) is 6.32. The molecule has 1 aromatic heterocycles. The first-order chi connectivity index (χ1) is 20.7. The molecule has 0 aliphatic carbocycles. The van der Waals surface area contributed by atoms with Gasteiger partial charge in [0.25, 0.3) is 5.91 Å². The molecule has 0 bridgehead atoms. The highest BCUT2D eigenvalue weighted by Crippen LogP contribution is 2.27. The number of hydrogen-bond acceptors (Lipinski definition) is 5. The molecule has 0 saturated heterocycles. The van der Waals surface area contributed by atoms with Gasteiger partial charge < -0.3 is 9.84 Å². The zero-order valence-electron chi connectivity index (χ0n) is 24.5. The van der Waals surface area contributed by atoms with Gasteiger partial charge in [0.2, 0.25) is 5.91 Å². The molecule has 1 heterocycles. The molecule has 2 amide bonds. The van der Waals surface area contributed by atoms with Gasteiger partial charge in [-0.05, 0) is 59.4 Å². The standard InChI is InChI=1S/C34H35N3O6/c1-24(2)9-18-31(38)36(30-16-14-28(15-17-30)34(42)43-3)37(32(39)19-20-33(40)41)35-22-21-29(23-35)27-12-10-26(11-13-27)25-7-5-4-6-8-25/h4-8,10-17,21-24H,9,18-20H2,1-3H3,(H,40,41). The summed E-state index contributed by atoms with van der Waals surface area (Å²) in [5.74, 6) is -2.36. The van der Waals surface area contributed by atoms with Crippen LogP contribution in [0.4, 0.5) is 5.69 Å². The molecule has 0 saturated carbocycles. The quantitative estimate of drug-likeness (QED) is 0.164. The van der Waals surface area contributed by atoms with Crippen LogP contribution in [0.25, 0.3) is 22.3 Å². The number of hydrogen-bond donors (Lipinski definition) is 1. The Morgan fingerprint density at radius 1 is 0.744 bits per heavy atom. The molecule has 0 aliphatic rings. The number of carboxylic acids is 1. The molecule has 4 rings (SSSR count). The lowest BCUT2D eigenvalue weighted by Gasteiger charge is -2.35. The number of amides is 2. The average Bonchev–Trinajstić information content (AvgIpc) is 3.51. The van der Waals surface area contributed by atoms with E-state index in [0.717, 1.165) is 22.3 Å². The molecule has 4 aromatic rings. The number of ether oxygens (including phenoxy) is 1. The van der Waals surface area contributed by atoms with Gasteiger partial charge in [-0.3, -0.25) is 14.4 Å². The van der Waals surface area contributed by atoms with E-state index in [2.05, 4.69) is 0 Å². The van der Waals surface area contributed by atoms with Crippen LogP contribution >= 0.6 is 0 Å². The summed E-state index contributed by atoms with van der Waals surface area (Å²) in [5.41, 5.74) is 4.48. The largest absolute Gasteiger partial charge is 0.481 e. The smallest absolute Gasteiger partial charge is 0.337 e. The van der Waals surface area contributed by atoms with Gasteiger partial charge in [0, 0.05) is 30.8 Å². The van der Waals surface area contributed by atoms with Crippen molar-refractivity contribution in [3.8, 4) is 22.3 Å². The Morgan fingerprint density at radius 3 is 1.93 bits per heavy atom. The highest BCUT2D eigenvalue weighted by molar-refractivity contribution is 6.03. The third kappa shape index (κ3) is 7.77. The minimum Gasteiger partial charge on any atom is -0.481 e. The highest BCUT2D eigenvalue weighted by atomic mass is 16.5. The monoisotopic (exact) mass is 581 g/mol. The first kappa shape index (κ1) is 30.8. The zero-order valence-corrected chi connectivity index (χ0v) is 24.5. The molecule has 0 unspecified atom stereocenters. The van der Waals surface area contributed by atoms with Crippen LogP contribution in [0, 0.1) is 5.92 Å². The summed E-state index contributed by atoms with van der Waals surface area (Å²) in [4.78, 5) is 50.8. The number of nitrogens with zero attached hydrogens (tertiary/aromatic N) is 3.